The summed E-state index contributed by atoms with van der Waals surface area (Å²) in [7, 11) is -2.96. The molecular formula is C17H24N2O6S. The quantitative estimate of drug-likeness (QED) is 0.706. The fraction of sp³-hybridized carbons (Fsp3) is 0.529. The maximum absolute atomic E-state index is 12.6. The van der Waals surface area contributed by atoms with Crippen molar-refractivity contribution < 1.29 is 27.5 Å². The molecule has 8 nitrogen and oxygen atoms in total. The molecule has 2 rings (SSSR count). The molecular weight excluding hydrogens is 360 g/mol. The van der Waals surface area contributed by atoms with E-state index in [2.05, 4.69) is 14.8 Å². The van der Waals surface area contributed by atoms with Crippen LogP contribution in [-0.4, -0.2) is 46.6 Å². The van der Waals surface area contributed by atoms with Gasteiger partial charge in [0.25, 0.3) is 15.9 Å². The molecule has 9 heteroatoms. The average molecular weight is 384 g/mol. The van der Waals surface area contributed by atoms with Crippen LogP contribution in [0.2, 0.25) is 0 Å². The van der Waals surface area contributed by atoms with Gasteiger partial charge in [-0.05, 0) is 43.5 Å². The number of nitrogens with one attached hydrogen (secondary N) is 2. The molecule has 1 saturated heterocycles. The number of hydrogen-bond acceptors (Lipinski definition) is 7. The van der Waals surface area contributed by atoms with Crippen LogP contribution in [0, 0.1) is 5.41 Å². The summed E-state index contributed by atoms with van der Waals surface area (Å²) in [6.07, 6.45) is 0.765. The van der Waals surface area contributed by atoms with Gasteiger partial charge < -0.3 is 14.8 Å². The van der Waals surface area contributed by atoms with Crippen molar-refractivity contribution in [2.24, 2.45) is 5.41 Å². The molecule has 1 amide bonds. The van der Waals surface area contributed by atoms with E-state index in [1.807, 2.05) is 13.8 Å². The second-order valence-electron chi connectivity index (χ2n) is 6.68. The number of benzene rings is 1. The Morgan fingerprint density at radius 1 is 1.35 bits per heavy atom. The molecule has 1 aliphatic rings. The lowest BCUT2D eigenvalue weighted by Crippen LogP contribution is -2.48. The molecule has 1 aromatic carbocycles. The highest BCUT2D eigenvalue weighted by atomic mass is 32.2. The first-order valence-corrected chi connectivity index (χ1v) is 9.76. The number of sulfonamides is 1. The highest BCUT2D eigenvalue weighted by Gasteiger charge is 2.40. The number of methoxy groups -OCH3 is 1. The third kappa shape index (κ3) is 4.16. The number of carbonyl (C=O) groups is 2. The molecule has 1 aromatic rings. The first kappa shape index (κ1) is 20.2. The number of rotatable bonds is 6. The molecule has 1 aliphatic heterocycles. The van der Waals surface area contributed by atoms with E-state index in [0.717, 1.165) is 12.5 Å². The van der Waals surface area contributed by atoms with Gasteiger partial charge in [0.15, 0.2) is 0 Å². The third-order valence-corrected chi connectivity index (χ3v) is 5.71. The molecule has 0 spiro atoms. The zero-order valence-corrected chi connectivity index (χ0v) is 16.1. The molecule has 0 bridgehead atoms. The van der Waals surface area contributed by atoms with Crippen LogP contribution >= 0.6 is 0 Å². The zero-order valence-electron chi connectivity index (χ0n) is 15.3. The summed E-state index contributed by atoms with van der Waals surface area (Å²) in [5.74, 6) is -1.14. The van der Waals surface area contributed by atoms with Gasteiger partial charge in [-0.25, -0.2) is 17.9 Å². The van der Waals surface area contributed by atoms with E-state index < -0.39 is 27.9 Å². The van der Waals surface area contributed by atoms with Crippen LogP contribution in [0.4, 0.5) is 0 Å². The molecule has 26 heavy (non-hydrogen) atoms. The normalized spacial score (nSPS) is 19.0. The van der Waals surface area contributed by atoms with E-state index in [-0.39, 0.29) is 21.6 Å². The average Bonchev–Trinajstić information content (AvgIpc) is 2.93. The molecule has 0 saturated carbocycles. The van der Waals surface area contributed by atoms with Gasteiger partial charge in [0.2, 0.25) is 0 Å². The van der Waals surface area contributed by atoms with Crippen LogP contribution in [0.3, 0.4) is 0 Å². The largest absolute Gasteiger partial charge is 0.493 e. The van der Waals surface area contributed by atoms with Gasteiger partial charge >= 0.3 is 5.97 Å². The van der Waals surface area contributed by atoms with E-state index >= 15 is 0 Å². The smallest absolute Gasteiger partial charge is 0.341 e. The Balaban J connectivity index is 2.31. The molecule has 1 heterocycles. The number of hydrogen-bond donors (Lipinski definition) is 2. The van der Waals surface area contributed by atoms with Crippen molar-refractivity contribution in [3.63, 3.8) is 0 Å². The molecule has 0 aromatic heterocycles. The van der Waals surface area contributed by atoms with Crippen LogP contribution in [0.15, 0.2) is 23.1 Å². The van der Waals surface area contributed by atoms with Crippen molar-refractivity contribution in [3.05, 3.63) is 23.8 Å². The first-order chi connectivity index (χ1) is 12.1. The molecule has 1 fully saturated rings. The Morgan fingerprint density at radius 3 is 2.58 bits per heavy atom. The summed E-state index contributed by atoms with van der Waals surface area (Å²) in [5.41, 5.74) is -0.376. The lowest BCUT2D eigenvalue weighted by molar-refractivity contribution is -0.122. The molecule has 1 atom stereocenters. The van der Waals surface area contributed by atoms with Crippen LogP contribution in [0.25, 0.3) is 0 Å². The molecule has 0 radical (unpaired) electrons. The topological polar surface area (TPSA) is 111 Å². The maximum Gasteiger partial charge on any atom is 0.341 e. The van der Waals surface area contributed by atoms with Crippen molar-refractivity contribution in [1.29, 1.82) is 0 Å². The van der Waals surface area contributed by atoms with Gasteiger partial charge in [-0.2, -0.15) is 0 Å². The van der Waals surface area contributed by atoms with E-state index in [4.69, 9.17) is 4.74 Å². The van der Waals surface area contributed by atoms with Gasteiger partial charge in [-0.3, -0.25) is 4.79 Å². The van der Waals surface area contributed by atoms with E-state index in [1.165, 1.54) is 19.2 Å². The van der Waals surface area contributed by atoms with Crippen LogP contribution in [0.1, 0.15) is 37.6 Å². The summed E-state index contributed by atoms with van der Waals surface area (Å²) < 4.78 is 37.3. The highest BCUT2D eigenvalue weighted by Crippen LogP contribution is 2.30. The Hall–Kier alpha value is -2.13. The SMILES string of the molecule is CCOc1ccc(S(=O)(=O)NC(=O)C2NCCC2(C)C)cc1C(=O)OC. The Kier molecular flexibility index (Phi) is 5.92. The third-order valence-electron chi connectivity index (χ3n) is 4.36. The van der Waals surface area contributed by atoms with Crippen molar-refractivity contribution in [2.45, 2.75) is 38.1 Å². The molecule has 1 unspecified atom stereocenters. The minimum absolute atomic E-state index is 0.0241. The predicted molar refractivity (Wildman–Crippen MR) is 94.5 cm³/mol. The fourth-order valence-corrected chi connectivity index (χ4v) is 3.91. The molecule has 2 N–H and O–H groups in total. The van der Waals surface area contributed by atoms with Gasteiger partial charge in [0, 0.05) is 0 Å². The van der Waals surface area contributed by atoms with Crippen molar-refractivity contribution in [1.82, 2.24) is 10.0 Å². The lowest BCUT2D eigenvalue weighted by atomic mass is 9.85. The van der Waals surface area contributed by atoms with E-state index in [1.54, 1.807) is 6.92 Å². The first-order valence-electron chi connectivity index (χ1n) is 8.27. The second kappa shape index (κ2) is 7.63. The monoisotopic (exact) mass is 384 g/mol. The predicted octanol–water partition coefficient (Wildman–Crippen LogP) is 1.06. The Labute approximate surface area is 153 Å². The highest BCUT2D eigenvalue weighted by molar-refractivity contribution is 7.90. The van der Waals surface area contributed by atoms with E-state index in [9.17, 15) is 18.0 Å². The molecule has 0 aliphatic carbocycles. The Morgan fingerprint density at radius 2 is 2.04 bits per heavy atom. The molecule has 144 valence electrons. The van der Waals surface area contributed by atoms with Crippen molar-refractivity contribution >= 4 is 21.9 Å². The second-order valence-corrected chi connectivity index (χ2v) is 8.36. The maximum atomic E-state index is 12.6. The fourth-order valence-electron chi connectivity index (χ4n) is 2.88. The Bertz CT molecular complexity index is 803. The summed E-state index contributed by atoms with van der Waals surface area (Å²) in [4.78, 5) is 24.1. The number of amides is 1. The number of carbonyl (C=O) groups excluding carboxylic acids is 2. The summed E-state index contributed by atoms with van der Waals surface area (Å²) >= 11 is 0. The minimum atomic E-state index is -4.15. The van der Waals surface area contributed by atoms with Gasteiger partial charge in [0.05, 0.1) is 24.7 Å². The van der Waals surface area contributed by atoms with Gasteiger partial charge in [-0.1, -0.05) is 13.8 Å². The standard InChI is InChI=1S/C17H24N2O6S/c1-5-25-13-7-6-11(10-12(13)16(21)24-4)26(22,23)19-15(20)14-17(2,3)8-9-18-14/h6-7,10,14,18H,5,8-9H2,1-4H3,(H,19,20). The minimum Gasteiger partial charge on any atom is -0.493 e. The van der Waals surface area contributed by atoms with Crippen LogP contribution in [0.5, 0.6) is 5.75 Å². The summed E-state index contributed by atoms with van der Waals surface area (Å²) in [6.45, 7) is 6.48. The zero-order chi connectivity index (χ0) is 19.5. The lowest BCUT2D eigenvalue weighted by Gasteiger charge is -2.25. The summed E-state index contributed by atoms with van der Waals surface area (Å²) in [6, 6.07) is 3.17. The van der Waals surface area contributed by atoms with E-state index in [0.29, 0.717) is 13.2 Å². The van der Waals surface area contributed by atoms with Crippen LogP contribution in [-0.2, 0) is 19.6 Å². The summed E-state index contributed by atoms with van der Waals surface area (Å²) in [5, 5.41) is 3.01. The number of ether oxygens (including phenoxy) is 2. The van der Waals surface area contributed by atoms with Crippen molar-refractivity contribution in [3.8, 4) is 5.75 Å². The van der Waals surface area contributed by atoms with Crippen molar-refractivity contribution in [2.75, 3.05) is 20.3 Å². The van der Waals surface area contributed by atoms with Gasteiger partial charge in [-0.15, -0.1) is 0 Å². The number of esters is 1. The van der Waals surface area contributed by atoms with Crippen LogP contribution < -0.4 is 14.8 Å². The van der Waals surface area contributed by atoms with Gasteiger partial charge in [0.1, 0.15) is 11.3 Å².